The van der Waals surface area contributed by atoms with Gasteiger partial charge in [0.05, 0.1) is 6.61 Å². The topological polar surface area (TPSA) is 154 Å². The second kappa shape index (κ2) is 14.6. The number of benzene rings is 2. The molecule has 0 saturated carbocycles. The second-order valence-corrected chi connectivity index (χ2v) is 13.5. The first-order valence-electron chi connectivity index (χ1n) is 14.5. The molecular weight excluding hydrogens is 566 g/mol. The van der Waals surface area contributed by atoms with E-state index in [4.69, 9.17) is 9.47 Å². The number of phenols is 1. The lowest BCUT2D eigenvalue weighted by atomic mass is 9.94. The minimum absolute atomic E-state index is 0.108. The molecule has 0 saturated heterocycles. The number of carbonyl (C=O) groups is 4. The van der Waals surface area contributed by atoms with Gasteiger partial charge in [0.2, 0.25) is 11.8 Å². The van der Waals surface area contributed by atoms with Gasteiger partial charge in [0.25, 0.3) is 0 Å². The zero-order valence-corrected chi connectivity index (χ0v) is 27.1. The van der Waals surface area contributed by atoms with Crippen LogP contribution in [0.15, 0.2) is 54.6 Å². The lowest BCUT2D eigenvalue weighted by Gasteiger charge is -2.43. The van der Waals surface area contributed by atoms with Gasteiger partial charge in [0.1, 0.15) is 35.1 Å². The number of aromatic hydroxyl groups is 1. The molecule has 0 bridgehead atoms. The van der Waals surface area contributed by atoms with Gasteiger partial charge in [0.15, 0.2) is 0 Å². The number of nitrogens with one attached hydrogen (secondary N) is 2. The number of ether oxygens (including phenoxy) is 2. The molecule has 0 aliphatic rings. The number of amides is 3. The maximum absolute atomic E-state index is 14.3. The molecule has 0 spiro atoms. The van der Waals surface area contributed by atoms with Crippen LogP contribution in [-0.4, -0.2) is 74.4 Å². The van der Waals surface area contributed by atoms with E-state index in [1.807, 2.05) is 30.3 Å². The Balaban J connectivity index is 2.60. The van der Waals surface area contributed by atoms with E-state index in [0.29, 0.717) is 0 Å². The predicted octanol–water partition coefficient (Wildman–Crippen LogP) is 4.02. The van der Waals surface area contributed by atoms with E-state index in [1.54, 1.807) is 68.4 Å². The Labute approximate surface area is 259 Å². The molecule has 2 aromatic rings. The summed E-state index contributed by atoms with van der Waals surface area (Å²) in [7, 11) is 0. The van der Waals surface area contributed by atoms with E-state index >= 15 is 0 Å². The maximum atomic E-state index is 14.3. The van der Waals surface area contributed by atoms with Gasteiger partial charge in [-0.2, -0.15) is 0 Å². The number of esters is 1. The third-order valence-corrected chi connectivity index (χ3v) is 6.11. The number of phenolic OH excluding ortho intramolecular Hbond substituents is 1. The molecule has 0 aromatic heterocycles. The lowest BCUT2D eigenvalue weighted by molar-refractivity contribution is -0.159. The molecule has 0 aliphatic heterocycles. The summed E-state index contributed by atoms with van der Waals surface area (Å²) in [5.41, 5.74) is -1.76. The average Bonchev–Trinajstić information content (AvgIpc) is 2.87. The molecular formula is C33H47N3O8. The molecule has 0 aliphatic carbocycles. The quantitative estimate of drug-likeness (QED) is 0.293. The third-order valence-electron chi connectivity index (χ3n) is 6.11. The number of nitrogens with zero attached hydrogens (tertiary/aromatic N) is 1. The number of carbonyl (C=O) groups excluding carboxylic acids is 4. The van der Waals surface area contributed by atoms with Crippen molar-refractivity contribution in [3.8, 4) is 5.75 Å². The van der Waals surface area contributed by atoms with Gasteiger partial charge >= 0.3 is 12.1 Å². The van der Waals surface area contributed by atoms with Gasteiger partial charge in [-0.1, -0.05) is 42.5 Å². The van der Waals surface area contributed by atoms with Crippen LogP contribution >= 0.6 is 0 Å². The van der Waals surface area contributed by atoms with E-state index < -0.39 is 65.4 Å². The Bertz CT molecular complexity index is 1290. The second-order valence-electron chi connectivity index (χ2n) is 13.5. The molecule has 11 heteroatoms. The first kappa shape index (κ1) is 36.1. The summed E-state index contributed by atoms with van der Waals surface area (Å²) >= 11 is 0. The molecule has 0 heterocycles. The summed E-state index contributed by atoms with van der Waals surface area (Å²) in [4.78, 5) is 55.5. The van der Waals surface area contributed by atoms with Crippen molar-refractivity contribution in [3.63, 3.8) is 0 Å². The van der Waals surface area contributed by atoms with Crippen molar-refractivity contribution >= 4 is 23.9 Å². The fourth-order valence-electron chi connectivity index (χ4n) is 4.43. The number of hydrogen-bond acceptors (Lipinski definition) is 8. The van der Waals surface area contributed by atoms with E-state index in [0.717, 1.165) is 5.56 Å². The molecule has 242 valence electrons. The Morgan fingerprint density at radius 3 is 1.89 bits per heavy atom. The van der Waals surface area contributed by atoms with Crippen molar-refractivity contribution < 1.29 is 38.9 Å². The fourth-order valence-corrected chi connectivity index (χ4v) is 4.43. The van der Waals surface area contributed by atoms with Crippen LogP contribution in [0.25, 0.3) is 0 Å². The monoisotopic (exact) mass is 613 g/mol. The fraction of sp³-hybridized carbons (Fsp3) is 0.515. The minimum atomic E-state index is -1.47. The molecule has 3 unspecified atom stereocenters. The summed E-state index contributed by atoms with van der Waals surface area (Å²) < 4.78 is 10.9. The van der Waals surface area contributed by atoms with Gasteiger partial charge in [-0.05, 0) is 85.6 Å². The van der Waals surface area contributed by atoms with Crippen molar-refractivity contribution in [2.24, 2.45) is 0 Å². The molecule has 0 radical (unpaired) electrons. The number of aliphatic hydroxyl groups is 1. The molecule has 11 nitrogen and oxygen atoms in total. The molecule has 3 atom stereocenters. The highest BCUT2D eigenvalue weighted by molar-refractivity contribution is 5.94. The molecule has 4 N–H and O–H groups in total. The predicted molar refractivity (Wildman–Crippen MR) is 166 cm³/mol. The van der Waals surface area contributed by atoms with Crippen LogP contribution in [-0.2, 0) is 30.3 Å². The summed E-state index contributed by atoms with van der Waals surface area (Å²) in [6, 6.07) is 10.9. The van der Waals surface area contributed by atoms with Crippen LogP contribution < -0.4 is 10.6 Å². The number of aliphatic hydroxyl groups excluding tert-OH is 1. The Hall–Kier alpha value is -4.12. The van der Waals surface area contributed by atoms with Crippen LogP contribution in [0.1, 0.15) is 79.5 Å². The third kappa shape index (κ3) is 11.2. The lowest BCUT2D eigenvalue weighted by Crippen LogP contribution is -2.60. The first-order valence-corrected chi connectivity index (χ1v) is 14.5. The van der Waals surface area contributed by atoms with E-state index in [2.05, 4.69) is 10.6 Å². The van der Waals surface area contributed by atoms with Gasteiger partial charge in [-0.15, -0.1) is 0 Å². The van der Waals surface area contributed by atoms with Crippen LogP contribution in [0.5, 0.6) is 5.75 Å². The van der Waals surface area contributed by atoms with Gasteiger partial charge in [-0.3, -0.25) is 9.59 Å². The Morgan fingerprint density at radius 2 is 1.39 bits per heavy atom. The molecule has 2 rings (SSSR count). The van der Waals surface area contributed by atoms with E-state index in [-0.39, 0.29) is 17.7 Å². The van der Waals surface area contributed by atoms with E-state index in [9.17, 15) is 29.4 Å². The Kier molecular flexibility index (Phi) is 11.9. The molecule has 3 amide bonds. The highest BCUT2D eigenvalue weighted by atomic mass is 16.6. The van der Waals surface area contributed by atoms with Crippen LogP contribution in [0.4, 0.5) is 4.79 Å². The smallest absolute Gasteiger partial charge is 0.408 e. The molecule has 44 heavy (non-hydrogen) atoms. The number of alkyl carbamates (subject to hydrolysis) is 1. The van der Waals surface area contributed by atoms with Gasteiger partial charge < -0.3 is 35.2 Å². The van der Waals surface area contributed by atoms with Crippen molar-refractivity contribution in [2.45, 2.75) is 104 Å². The largest absolute Gasteiger partial charge is 0.508 e. The van der Waals surface area contributed by atoms with Crippen molar-refractivity contribution in [1.82, 2.24) is 15.5 Å². The van der Waals surface area contributed by atoms with Crippen molar-refractivity contribution in [3.05, 3.63) is 65.7 Å². The van der Waals surface area contributed by atoms with Crippen molar-refractivity contribution in [1.29, 1.82) is 0 Å². The zero-order chi connectivity index (χ0) is 33.5. The van der Waals surface area contributed by atoms with Crippen molar-refractivity contribution in [2.75, 3.05) is 6.61 Å². The highest BCUT2D eigenvalue weighted by Gasteiger charge is 2.43. The normalized spacial score (nSPS) is 14.0. The van der Waals surface area contributed by atoms with E-state index in [1.165, 1.54) is 23.1 Å². The minimum Gasteiger partial charge on any atom is -0.508 e. The highest BCUT2D eigenvalue weighted by Crippen LogP contribution is 2.32. The SMILES string of the molecule is CC(C)(C)OC(=O)NC(CO)C(=O)N(C(C(=O)NC(Cc1ccccc1)C(=O)OC(C)(C)C)c1cccc(O)c1)C(C)(C)C. The molecule has 2 aromatic carbocycles. The van der Waals surface area contributed by atoms with Crippen LogP contribution in [0, 0.1) is 0 Å². The maximum Gasteiger partial charge on any atom is 0.408 e. The average molecular weight is 614 g/mol. The van der Waals surface area contributed by atoms with Crippen LogP contribution in [0.3, 0.4) is 0 Å². The molecule has 0 fully saturated rings. The summed E-state index contributed by atoms with van der Waals surface area (Å²) in [6.07, 6.45) is -0.818. The summed E-state index contributed by atoms with van der Waals surface area (Å²) in [6.45, 7) is 14.4. The summed E-state index contributed by atoms with van der Waals surface area (Å²) in [5.74, 6) is -2.34. The summed E-state index contributed by atoms with van der Waals surface area (Å²) in [5, 5.41) is 25.7. The first-order chi connectivity index (χ1) is 20.2. The Morgan fingerprint density at radius 1 is 0.795 bits per heavy atom. The number of rotatable bonds is 10. The van der Waals surface area contributed by atoms with Gasteiger partial charge in [0, 0.05) is 12.0 Å². The van der Waals surface area contributed by atoms with Crippen LogP contribution in [0.2, 0.25) is 0 Å². The zero-order valence-electron chi connectivity index (χ0n) is 27.1. The number of hydrogen-bond donors (Lipinski definition) is 4. The van der Waals surface area contributed by atoms with Gasteiger partial charge in [-0.25, -0.2) is 9.59 Å². The standard InChI is InChI=1S/C33H47N3O8/c1-31(2,3)36(28(40)25(20-37)35-30(42)44-33(7,8)9)26(22-16-13-17-23(38)19-22)27(39)34-24(29(41)43-32(4,5)6)18-21-14-11-10-12-15-21/h10-17,19,24-26,37-38H,18,20H2,1-9H3,(H,34,39)(H,35,42).